The van der Waals surface area contributed by atoms with E-state index in [9.17, 15) is 4.79 Å². The first-order chi connectivity index (χ1) is 12.1. The van der Waals surface area contributed by atoms with E-state index >= 15 is 0 Å². The Hall–Kier alpha value is -3.15. The van der Waals surface area contributed by atoms with Crippen molar-refractivity contribution in [3.05, 3.63) is 71.3 Å². The molecule has 1 N–H and O–H groups in total. The topological polar surface area (TPSA) is 69.0 Å². The van der Waals surface area contributed by atoms with Gasteiger partial charge in [0.15, 0.2) is 0 Å². The molecule has 0 saturated heterocycles. The molecule has 1 aromatic carbocycles. The number of rotatable bonds is 5. The number of hydrogen-bond donors (Lipinski definition) is 1. The Kier molecular flexibility index (Phi) is 4.79. The molecule has 6 heteroatoms. The Morgan fingerprint density at radius 2 is 2.08 bits per heavy atom. The first kappa shape index (κ1) is 16.7. The predicted molar refractivity (Wildman–Crippen MR) is 96.0 cm³/mol. The van der Waals surface area contributed by atoms with E-state index in [1.54, 1.807) is 31.6 Å². The summed E-state index contributed by atoms with van der Waals surface area (Å²) in [6.07, 6.45) is 3.18. The van der Waals surface area contributed by atoms with E-state index in [-0.39, 0.29) is 5.91 Å². The summed E-state index contributed by atoms with van der Waals surface area (Å²) < 4.78 is 7.14. The van der Waals surface area contributed by atoms with E-state index in [4.69, 9.17) is 4.74 Å². The largest absolute Gasteiger partial charge is 0.497 e. The number of carbonyl (C=O) groups excluding carboxylic acids is 1. The average molecular weight is 336 g/mol. The van der Waals surface area contributed by atoms with Gasteiger partial charge in [-0.25, -0.2) is 0 Å². The zero-order chi connectivity index (χ0) is 17.8. The number of benzene rings is 1. The number of hydrogen-bond acceptors (Lipinski definition) is 4. The second kappa shape index (κ2) is 7.17. The summed E-state index contributed by atoms with van der Waals surface area (Å²) in [5, 5.41) is 7.49. The second-order valence-electron chi connectivity index (χ2n) is 5.75. The molecule has 128 valence electrons. The summed E-state index contributed by atoms with van der Waals surface area (Å²) in [4.78, 5) is 16.3. The third-order valence-electron chi connectivity index (χ3n) is 4.01. The van der Waals surface area contributed by atoms with Crippen LogP contribution in [0.25, 0.3) is 0 Å². The highest BCUT2D eigenvalue weighted by molar-refractivity contribution is 6.04. The van der Waals surface area contributed by atoms with Crippen LogP contribution in [0.4, 0.5) is 5.69 Å². The van der Waals surface area contributed by atoms with Crippen LogP contribution in [0.3, 0.4) is 0 Å². The number of anilines is 1. The minimum absolute atomic E-state index is 0.194. The molecule has 0 bridgehead atoms. The van der Waals surface area contributed by atoms with E-state index in [2.05, 4.69) is 15.4 Å². The number of aryl methyl sites for hydroxylation is 1. The molecular weight excluding hydrogens is 316 g/mol. The van der Waals surface area contributed by atoms with Gasteiger partial charge in [-0.05, 0) is 43.7 Å². The molecule has 0 radical (unpaired) electrons. The zero-order valence-corrected chi connectivity index (χ0v) is 14.5. The van der Waals surface area contributed by atoms with Crippen LogP contribution in [-0.2, 0) is 6.54 Å². The van der Waals surface area contributed by atoms with Crippen molar-refractivity contribution in [1.82, 2.24) is 14.8 Å². The Bertz CT molecular complexity index is 888. The minimum Gasteiger partial charge on any atom is -0.497 e. The van der Waals surface area contributed by atoms with Crippen molar-refractivity contribution in [2.45, 2.75) is 20.4 Å². The van der Waals surface area contributed by atoms with Crippen molar-refractivity contribution in [2.24, 2.45) is 0 Å². The lowest BCUT2D eigenvalue weighted by molar-refractivity contribution is 0.102. The molecule has 0 aliphatic carbocycles. The molecule has 0 atom stereocenters. The SMILES string of the molecule is COc1cccc(Cn2nc(C)c(NC(=O)c3cccnc3)c2C)c1. The van der Waals surface area contributed by atoms with Gasteiger partial charge in [0.1, 0.15) is 5.75 Å². The molecule has 2 heterocycles. The standard InChI is InChI=1S/C19H20N4O2/c1-13-18(21-19(24)16-7-5-9-20-11-16)14(2)23(22-13)12-15-6-4-8-17(10-15)25-3/h4-11H,12H2,1-3H3,(H,21,24). The molecule has 3 rings (SSSR count). The molecule has 2 aromatic heterocycles. The number of aromatic nitrogens is 3. The maximum Gasteiger partial charge on any atom is 0.257 e. The fraction of sp³-hybridized carbons (Fsp3) is 0.211. The molecule has 1 amide bonds. The van der Waals surface area contributed by atoms with E-state index in [1.807, 2.05) is 42.8 Å². The normalized spacial score (nSPS) is 10.5. The van der Waals surface area contributed by atoms with Crippen molar-refractivity contribution in [3.63, 3.8) is 0 Å². The van der Waals surface area contributed by atoms with Crippen LogP contribution < -0.4 is 10.1 Å². The molecule has 3 aromatic rings. The number of ether oxygens (including phenoxy) is 1. The van der Waals surface area contributed by atoms with Crippen LogP contribution in [0.5, 0.6) is 5.75 Å². The van der Waals surface area contributed by atoms with Crippen molar-refractivity contribution < 1.29 is 9.53 Å². The third kappa shape index (κ3) is 3.68. The monoisotopic (exact) mass is 336 g/mol. The Morgan fingerprint density at radius 1 is 1.24 bits per heavy atom. The van der Waals surface area contributed by atoms with Crippen molar-refractivity contribution in [3.8, 4) is 5.75 Å². The quantitative estimate of drug-likeness (QED) is 0.777. The Labute approximate surface area is 146 Å². The van der Waals surface area contributed by atoms with Crippen molar-refractivity contribution in [1.29, 1.82) is 0 Å². The van der Waals surface area contributed by atoms with Crippen LogP contribution in [-0.4, -0.2) is 27.8 Å². The average Bonchev–Trinajstić information content (AvgIpc) is 2.90. The molecule has 0 aliphatic heterocycles. The molecule has 25 heavy (non-hydrogen) atoms. The fourth-order valence-corrected chi connectivity index (χ4v) is 2.66. The molecule has 0 fully saturated rings. The molecule has 0 saturated carbocycles. The zero-order valence-electron chi connectivity index (χ0n) is 14.5. The van der Waals surface area contributed by atoms with Gasteiger partial charge in [0.25, 0.3) is 5.91 Å². The van der Waals surface area contributed by atoms with Gasteiger partial charge < -0.3 is 10.1 Å². The van der Waals surface area contributed by atoms with E-state index in [1.165, 1.54) is 0 Å². The van der Waals surface area contributed by atoms with Crippen LogP contribution in [0.1, 0.15) is 27.3 Å². The van der Waals surface area contributed by atoms with E-state index in [0.29, 0.717) is 12.1 Å². The number of nitrogens with zero attached hydrogens (tertiary/aromatic N) is 3. The van der Waals surface area contributed by atoms with Gasteiger partial charge in [-0.1, -0.05) is 12.1 Å². The molecule has 0 spiro atoms. The maximum atomic E-state index is 12.4. The molecular formula is C19H20N4O2. The van der Waals surface area contributed by atoms with Gasteiger partial charge in [-0.3, -0.25) is 14.5 Å². The molecule has 0 unspecified atom stereocenters. The predicted octanol–water partition coefficient (Wildman–Crippen LogP) is 3.20. The lowest BCUT2D eigenvalue weighted by atomic mass is 10.2. The molecule has 6 nitrogen and oxygen atoms in total. The lowest BCUT2D eigenvalue weighted by Gasteiger charge is -2.08. The summed E-state index contributed by atoms with van der Waals surface area (Å²) in [7, 11) is 1.65. The van der Waals surface area contributed by atoms with Gasteiger partial charge >= 0.3 is 0 Å². The number of nitrogens with one attached hydrogen (secondary N) is 1. The highest BCUT2D eigenvalue weighted by Crippen LogP contribution is 2.22. The van der Waals surface area contributed by atoms with Gasteiger partial charge in [0.05, 0.1) is 36.3 Å². The minimum atomic E-state index is -0.194. The number of carbonyl (C=O) groups is 1. The first-order valence-electron chi connectivity index (χ1n) is 7.97. The van der Waals surface area contributed by atoms with Crippen LogP contribution in [0.15, 0.2) is 48.8 Å². The van der Waals surface area contributed by atoms with Crippen LogP contribution in [0, 0.1) is 13.8 Å². The second-order valence-corrected chi connectivity index (χ2v) is 5.75. The highest BCUT2D eigenvalue weighted by atomic mass is 16.5. The third-order valence-corrected chi connectivity index (χ3v) is 4.01. The summed E-state index contributed by atoms with van der Waals surface area (Å²) >= 11 is 0. The maximum absolute atomic E-state index is 12.4. The van der Waals surface area contributed by atoms with Gasteiger partial charge in [-0.2, -0.15) is 5.10 Å². The number of methoxy groups -OCH3 is 1. The van der Waals surface area contributed by atoms with Crippen molar-refractivity contribution >= 4 is 11.6 Å². The van der Waals surface area contributed by atoms with E-state index < -0.39 is 0 Å². The Balaban J connectivity index is 1.82. The first-order valence-corrected chi connectivity index (χ1v) is 7.97. The molecule has 0 aliphatic rings. The van der Waals surface area contributed by atoms with Gasteiger partial charge in [-0.15, -0.1) is 0 Å². The Morgan fingerprint density at radius 3 is 2.80 bits per heavy atom. The fourth-order valence-electron chi connectivity index (χ4n) is 2.66. The van der Waals surface area contributed by atoms with Gasteiger partial charge in [0, 0.05) is 12.4 Å². The van der Waals surface area contributed by atoms with Crippen LogP contribution >= 0.6 is 0 Å². The highest BCUT2D eigenvalue weighted by Gasteiger charge is 2.15. The number of amides is 1. The van der Waals surface area contributed by atoms with Gasteiger partial charge in [0.2, 0.25) is 0 Å². The summed E-state index contributed by atoms with van der Waals surface area (Å²) in [5.41, 5.74) is 4.00. The van der Waals surface area contributed by atoms with Crippen molar-refractivity contribution in [2.75, 3.05) is 12.4 Å². The summed E-state index contributed by atoms with van der Waals surface area (Å²) in [5.74, 6) is 0.615. The van der Waals surface area contributed by atoms with Crippen LogP contribution in [0.2, 0.25) is 0 Å². The smallest absolute Gasteiger partial charge is 0.257 e. The summed E-state index contributed by atoms with van der Waals surface area (Å²) in [6.45, 7) is 4.43. The summed E-state index contributed by atoms with van der Waals surface area (Å²) in [6, 6.07) is 11.3. The lowest BCUT2D eigenvalue weighted by Crippen LogP contribution is -2.13. The number of pyridine rings is 1. The van der Waals surface area contributed by atoms with E-state index in [0.717, 1.165) is 28.4 Å².